The molecule has 1 aromatic heterocycles. The van der Waals surface area contributed by atoms with Gasteiger partial charge in [-0.1, -0.05) is 0 Å². The standard InChI is InChI=1S/C14H23N3O2/c1-18-5-2-12-6-14(19-9-12)3-4-17(10-14)8-13-7-15-11-16-13/h7,11-12H,2-6,8-10H2,1H3,(H,15,16). The Morgan fingerprint density at radius 2 is 2.58 bits per heavy atom. The van der Waals surface area contributed by atoms with E-state index in [1.54, 1.807) is 13.4 Å². The summed E-state index contributed by atoms with van der Waals surface area (Å²) in [4.78, 5) is 9.71. The number of likely N-dealkylation sites (tertiary alicyclic amines) is 1. The van der Waals surface area contributed by atoms with E-state index in [4.69, 9.17) is 9.47 Å². The molecule has 0 aliphatic carbocycles. The van der Waals surface area contributed by atoms with Crippen molar-refractivity contribution in [1.29, 1.82) is 0 Å². The zero-order valence-electron chi connectivity index (χ0n) is 11.6. The SMILES string of the molecule is COCCC1COC2(CCN(Cc3cnc[nH]3)C2)C1. The van der Waals surface area contributed by atoms with Crippen molar-refractivity contribution in [3.8, 4) is 0 Å². The lowest BCUT2D eigenvalue weighted by Crippen LogP contribution is -2.32. The quantitative estimate of drug-likeness (QED) is 0.875. The summed E-state index contributed by atoms with van der Waals surface area (Å²) in [5.41, 5.74) is 1.30. The smallest absolute Gasteiger partial charge is 0.0922 e. The third-order valence-corrected chi connectivity index (χ3v) is 4.36. The average molecular weight is 265 g/mol. The van der Waals surface area contributed by atoms with Crippen molar-refractivity contribution in [3.63, 3.8) is 0 Å². The molecule has 5 nitrogen and oxygen atoms in total. The van der Waals surface area contributed by atoms with E-state index in [2.05, 4.69) is 14.9 Å². The lowest BCUT2D eigenvalue weighted by molar-refractivity contribution is 0.0107. The number of hydrogen-bond acceptors (Lipinski definition) is 4. The van der Waals surface area contributed by atoms with Gasteiger partial charge in [0.15, 0.2) is 0 Å². The van der Waals surface area contributed by atoms with E-state index in [0.29, 0.717) is 5.92 Å². The van der Waals surface area contributed by atoms with Gasteiger partial charge in [-0.2, -0.15) is 0 Å². The second-order valence-corrected chi connectivity index (χ2v) is 5.88. The van der Waals surface area contributed by atoms with Crippen molar-refractivity contribution in [2.45, 2.75) is 31.4 Å². The summed E-state index contributed by atoms with van der Waals surface area (Å²) in [6.45, 7) is 4.88. The minimum atomic E-state index is 0.110. The Bertz CT molecular complexity index is 395. The van der Waals surface area contributed by atoms with E-state index < -0.39 is 0 Å². The molecule has 1 spiro atoms. The van der Waals surface area contributed by atoms with Crippen LogP contribution in [-0.4, -0.2) is 53.9 Å². The fraction of sp³-hybridized carbons (Fsp3) is 0.786. The Morgan fingerprint density at radius 3 is 3.37 bits per heavy atom. The van der Waals surface area contributed by atoms with Crippen molar-refractivity contribution in [1.82, 2.24) is 14.9 Å². The topological polar surface area (TPSA) is 50.4 Å². The maximum Gasteiger partial charge on any atom is 0.0922 e. The normalized spacial score (nSPS) is 31.5. The van der Waals surface area contributed by atoms with Gasteiger partial charge in [0.1, 0.15) is 0 Å². The van der Waals surface area contributed by atoms with Crippen molar-refractivity contribution in [2.24, 2.45) is 5.92 Å². The number of aromatic nitrogens is 2. The molecule has 0 saturated carbocycles. The second kappa shape index (κ2) is 5.61. The first-order valence-electron chi connectivity index (χ1n) is 7.12. The van der Waals surface area contributed by atoms with Gasteiger partial charge >= 0.3 is 0 Å². The third-order valence-electron chi connectivity index (χ3n) is 4.36. The van der Waals surface area contributed by atoms with Gasteiger partial charge in [-0.3, -0.25) is 4.90 Å². The number of nitrogens with zero attached hydrogens (tertiary/aromatic N) is 2. The molecule has 2 atom stereocenters. The molecule has 3 rings (SSSR count). The molecular weight excluding hydrogens is 242 g/mol. The molecule has 2 aliphatic rings. The number of ether oxygens (including phenoxy) is 2. The molecule has 2 saturated heterocycles. The average Bonchev–Trinajstić information content (AvgIpc) is 3.12. The molecule has 106 valence electrons. The van der Waals surface area contributed by atoms with E-state index in [9.17, 15) is 0 Å². The summed E-state index contributed by atoms with van der Waals surface area (Å²) in [6.07, 6.45) is 7.12. The summed E-state index contributed by atoms with van der Waals surface area (Å²) in [5, 5.41) is 0. The highest BCUT2D eigenvalue weighted by molar-refractivity contribution is 5.01. The Morgan fingerprint density at radius 1 is 1.63 bits per heavy atom. The fourth-order valence-electron chi connectivity index (χ4n) is 3.37. The van der Waals surface area contributed by atoms with Crippen molar-refractivity contribution in [2.75, 3.05) is 33.4 Å². The number of aromatic amines is 1. The van der Waals surface area contributed by atoms with Crippen LogP contribution in [0, 0.1) is 5.92 Å². The van der Waals surface area contributed by atoms with Gasteiger partial charge in [0.25, 0.3) is 0 Å². The van der Waals surface area contributed by atoms with Gasteiger partial charge in [0.05, 0.1) is 18.5 Å². The van der Waals surface area contributed by atoms with Crippen LogP contribution < -0.4 is 0 Å². The molecule has 0 radical (unpaired) electrons. The summed E-state index contributed by atoms with van der Waals surface area (Å²) >= 11 is 0. The van der Waals surface area contributed by atoms with Gasteiger partial charge < -0.3 is 14.5 Å². The van der Waals surface area contributed by atoms with Crippen LogP contribution in [0.1, 0.15) is 25.0 Å². The van der Waals surface area contributed by atoms with Gasteiger partial charge in [0, 0.05) is 45.2 Å². The number of rotatable bonds is 5. The van der Waals surface area contributed by atoms with Crippen LogP contribution in [0.2, 0.25) is 0 Å². The first-order valence-corrected chi connectivity index (χ1v) is 7.12. The lowest BCUT2D eigenvalue weighted by atomic mass is 9.92. The van der Waals surface area contributed by atoms with Crippen molar-refractivity contribution in [3.05, 3.63) is 18.2 Å². The number of H-pyrrole nitrogens is 1. The Balaban J connectivity index is 1.51. The van der Waals surface area contributed by atoms with Crippen LogP contribution in [-0.2, 0) is 16.0 Å². The Labute approximate surface area is 114 Å². The molecule has 2 fully saturated rings. The van der Waals surface area contributed by atoms with Crippen molar-refractivity contribution >= 4 is 0 Å². The molecule has 0 aromatic carbocycles. The highest BCUT2D eigenvalue weighted by Gasteiger charge is 2.45. The minimum absolute atomic E-state index is 0.110. The highest BCUT2D eigenvalue weighted by atomic mass is 16.5. The maximum absolute atomic E-state index is 6.14. The summed E-state index contributed by atoms with van der Waals surface area (Å²) in [6, 6.07) is 0. The molecule has 1 aromatic rings. The zero-order valence-corrected chi connectivity index (χ0v) is 11.6. The predicted molar refractivity (Wildman–Crippen MR) is 71.8 cm³/mol. The maximum atomic E-state index is 6.14. The molecule has 1 N–H and O–H groups in total. The largest absolute Gasteiger partial charge is 0.385 e. The molecule has 19 heavy (non-hydrogen) atoms. The van der Waals surface area contributed by atoms with Crippen LogP contribution in [0.25, 0.3) is 0 Å². The summed E-state index contributed by atoms with van der Waals surface area (Å²) in [5.74, 6) is 0.673. The predicted octanol–water partition coefficient (Wildman–Crippen LogP) is 1.43. The fourth-order valence-corrected chi connectivity index (χ4v) is 3.37. The van der Waals surface area contributed by atoms with E-state index in [0.717, 1.165) is 45.7 Å². The number of hydrogen-bond donors (Lipinski definition) is 1. The number of nitrogens with one attached hydrogen (secondary N) is 1. The second-order valence-electron chi connectivity index (χ2n) is 5.88. The van der Waals surface area contributed by atoms with Crippen LogP contribution in [0.5, 0.6) is 0 Å². The Kier molecular flexibility index (Phi) is 3.86. The Hall–Kier alpha value is -0.910. The van der Waals surface area contributed by atoms with Gasteiger partial charge in [-0.15, -0.1) is 0 Å². The summed E-state index contributed by atoms with van der Waals surface area (Å²) in [7, 11) is 1.77. The first kappa shape index (κ1) is 13.1. The van der Waals surface area contributed by atoms with Crippen LogP contribution in [0.4, 0.5) is 0 Å². The monoisotopic (exact) mass is 265 g/mol. The lowest BCUT2D eigenvalue weighted by Gasteiger charge is -2.23. The molecule has 0 amide bonds. The van der Waals surface area contributed by atoms with Gasteiger partial charge in [0.2, 0.25) is 0 Å². The van der Waals surface area contributed by atoms with Crippen LogP contribution in [0.15, 0.2) is 12.5 Å². The molecular formula is C14H23N3O2. The molecule has 5 heteroatoms. The van der Waals surface area contributed by atoms with Crippen molar-refractivity contribution < 1.29 is 9.47 Å². The van der Waals surface area contributed by atoms with Crippen LogP contribution in [0.3, 0.4) is 0 Å². The highest BCUT2D eigenvalue weighted by Crippen LogP contribution is 2.39. The van der Waals surface area contributed by atoms with E-state index in [1.165, 1.54) is 12.1 Å². The number of imidazole rings is 1. The molecule has 3 heterocycles. The van der Waals surface area contributed by atoms with Gasteiger partial charge in [-0.05, 0) is 25.2 Å². The number of methoxy groups -OCH3 is 1. The zero-order chi connectivity index (χ0) is 13.1. The van der Waals surface area contributed by atoms with Crippen LogP contribution >= 0.6 is 0 Å². The molecule has 0 bridgehead atoms. The van der Waals surface area contributed by atoms with E-state index in [1.807, 2.05) is 6.20 Å². The first-order chi connectivity index (χ1) is 9.30. The molecule has 2 unspecified atom stereocenters. The minimum Gasteiger partial charge on any atom is -0.385 e. The van der Waals surface area contributed by atoms with E-state index >= 15 is 0 Å². The van der Waals surface area contributed by atoms with Gasteiger partial charge in [-0.25, -0.2) is 4.98 Å². The third kappa shape index (κ3) is 2.99. The summed E-state index contributed by atoms with van der Waals surface area (Å²) < 4.78 is 11.3. The molecule has 2 aliphatic heterocycles. The van der Waals surface area contributed by atoms with E-state index in [-0.39, 0.29) is 5.60 Å².